The first-order chi connectivity index (χ1) is 13.9. The molecular formula is C22H29FN4O3. The van der Waals surface area contributed by atoms with E-state index in [4.69, 9.17) is 10.5 Å². The average molecular weight is 416 g/mol. The van der Waals surface area contributed by atoms with Crippen molar-refractivity contribution in [1.82, 2.24) is 10.2 Å². The Bertz CT molecular complexity index is 927. The van der Waals surface area contributed by atoms with E-state index < -0.39 is 11.1 Å². The Morgan fingerprint density at radius 1 is 1.37 bits per heavy atom. The van der Waals surface area contributed by atoms with E-state index in [1.807, 2.05) is 27.7 Å². The summed E-state index contributed by atoms with van der Waals surface area (Å²) in [5.41, 5.74) is 5.69. The predicted octanol–water partition coefficient (Wildman–Crippen LogP) is 2.51. The summed E-state index contributed by atoms with van der Waals surface area (Å²) in [7, 11) is 0. The molecule has 0 saturated heterocycles. The van der Waals surface area contributed by atoms with Crippen LogP contribution in [0.5, 0.6) is 5.75 Å². The molecule has 2 aliphatic heterocycles. The molecule has 162 valence electrons. The maximum absolute atomic E-state index is 13.8. The fourth-order valence-electron chi connectivity index (χ4n) is 4.44. The number of hydrogen-bond acceptors (Lipinski definition) is 5. The van der Waals surface area contributed by atoms with Gasteiger partial charge < -0.3 is 15.8 Å². The number of amides is 2. The van der Waals surface area contributed by atoms with Gasteiger partial charge in [-0.3, -0.25) is 14.5 Å². The van der Waals surface area contributed by atoms with Gasteiger partial charge in [0.25, 0.3) is 0 Å². The average Bonchev–Trinajstić information content (AvgIpc) is 3.37. The van der Waals surface area contributed by atoms with Gasteiger partial charge in [-0.1, -0.05) is 0 Å². The van der Waals surface area contributed by atoms with Crippen molar-refractivity contribution in [2.45, 2.75) is 64.1 Å². The summed E-state index contributed by atoms with van der Waals surface area (Å²) < 4.78 is 19.7. The highest BCUT2D eigenvalue weighted by Crippen LogP contribution is 2.43. The molecule has 8 heteroatoms. The lowest BCUT2D eigenvalue weighted by Crippen LogP contribution is -2.50. The third-order valence-electron chi connectivity index (χ3n) is 6.00. The maximum atomic E-state index is 13.8. The summed E-state index contributed by atoms with van der Waals surface area (Å²) in [6.45, 7) is 8.04. The number of carbonyl (C=O) groups excluding carboxylic acids is 2. The zero-order chi connectivity index (χ0) is 21.8. The van der Waals surface area contributed by atoms with Crippen molar-refractivity contribution in [3.8, 4) is 5.75 Å². The van der Waals surface area contributed by atoms with Gasteiger partial charge in [-0.15, -0.1) is 0 Å². The lowest BCUT2D eigenvalue weighted by atomic mass is 9.89. The monoisotopic (exact) mass is 416 g/mol. The molecule has 2 amide bonds. The first kappa shape index (κ1) is 20.6. The second-order valence-corrected chi connectivity index (χ2v) is 9.88. The predicted molar refractivity (Wildman–Crippen MR) is 110 cm³/mol. The Hall–Kier alpha value is -2.64. The van der Waals surface area contributed by atoms with Crippen molar-refractivity contribution in [3.63, 3.8) is 0 Å². The maximum Gasteiger partial charge on any atom is 0.231 e. The lowest BCUT2D eigenvalue weighted by Gasteiger charge is -2.38. The number of rotatable bonds is 4. The molecule has 0 aromatic heterocycles. The quantitative estimate of drug-likeness (QED) is 0.788. The van der Waals surface area contributed by atoms with E-state index >= 15 is 0 Å². The van der Waals surface area contributed by atoms with Crippen LogP contribution in [0.15, 0.2) is 23.2 Å². The van der Waals surface area contributed by atoms with E-state index in [0.29, 0.717) is 37.1 Å². The first-order valence-electron chi connectivity index (χ1n) is 10.4. The van der Waals surface area contributed by atoms with Crippen LogP contribution in [0.1, 0.15) is 58.6 Å². The number of nitrogens with two attached hydrogens (primary N) is 1. The molecule has 1 saturated carbocycles. The Kier molecular flexibility index (Phi) is 4.78. The zero-order valence-corrected chi connectivity index (χ0v) is 17.9. The summed E-state index contributed by atoms with van der Waals surface area (Å²) in [4.78, 5) is 31.2. The molecule has 3 N–H and O–H groups in total. The van der Waals surface area contributed by atoms with Crippen LogP contribution in [0.4, 0.5) is 4.39 Å². The van der Waals surface area contributed by atoms with Crippen molar-refractivity contribution in [3.05, 3.63) is 29.6 Å². The van der Waals surface area contributed by atoms with Crippen LogP contribution >= 0.6 is 0 Å². The largest absolute Gasteiger partial charge is 0.487 e. The molecule has 1 aromatic rings. The highest BCUT2D eigenvalue weighted by Gasteiger charge is 2.47. The van der Waals surface area contributed by atoms with Gasteiger partial charge in [-0.2, -0.15) is 0 Å². The SMILES string of the molecule is CC1(C)CC(=O)N(C[C@@H]2C[C@H]2C(=O)NC2CC(C)(C)Oc3ccc(F)cc32)C(N)=N1. The van der Waals surface area contributed by atoms with E-state index in [-0.39, 0.29) is 41.5 Å². The number of carbonyl (C=O) groups is 2. The fourth-order valence-corrected chi connectivity index (χ4v) is 4.44. The van der Waals surface area contributed by atoms with Crippen LogP contribution < -0.4 is 15.8 Å². The second kappa shape index (κ2) is 6.96. The topological polar surface area (TPSA) is 97.0 Å². The second-order valence-electron chi connectivity index (χ2n) is 9.88. The van der Waals surface area contributed by atoms with Crippen LogP contribution in [0.25, 0.3) is 0 Å². The number of nitrogens with zero attached hydrogens (tertiary/aromatic N) is 2. The number of nitrogens with one attached hydrogen (secondary N) is 1. The molecule has 4 rings (SSSR count). The van der Waals surface area contributed by atoms with E-state index in [1.165, 1.54) is 17.0 Å². The molecule has 1 fully saturated rings. The number of ether oxygens (including phenoxy) is 1. The highest BCUT2D eigenvalue weighted by atomic mass is 19.1. The summed E-state index contributed by atoms with van der Waals surface area (Å²) in [6.07, 6.45) is 1.54. The van der Waals surface area contributed by atoms with Gasteiger partial charge in [0.05, 0.1) is 18.0 Å². The number of aliphatic imine (C=N–C) groups is 1. The van der Waals surface area contributed by atoms with Crippen LogP contribution in [-0.2, 0) is 9.59 Å². The number of halogens is 1. The molecule has 0 bridgehead atoms. The van der Waals surface area contributed by atoms with Crippen LogP contribution in [0.3, 0.4) is 0 Å². The molecule has 2 heterocycles. The molecular weight excluding hydrogens is 387 g/mol. The standard InChI is InChI=1S/C22H29FN4O3/c1-21(2)10-18(28)27(20(24)26-21)11-12-7-14(12)19(29)25-16-9-22(3,4)30-17-6-5-13(23)8-15(16)17/h5-6,8,12,14,16H,7,9-11H2,1-4H3,(H2,24,26)(H,25,29)/t12-,14+,16?/m0/s1. The summed E-state index contributed by atoms with van der Waals surface area (Å²) in [5, 5.41) is 3.07. The minimum absolute atomic E-state index is 0.0451. The molecule has 1 unspecified atom stereocenters. The Morgan fingerprint density at radius 2 is 2.10 bits per heavy atom. The normalized spacial score (nSPS) is 28.8. The van der Waals surface area contributed by atoms with Crippen LogP contribution in [0.2, 0.25) is 0 Å². The van der Waals surface area contributed by atoms with Crippen LogP contribution in [-0.4, -0.2) is 40.4 Å². The van der Waals surface area contributed by atoms with E-state index in [1.54, 1.807) is 6.07 Å². The summed E-state index contributed by atoms with van der Waals surface area (Å²) in [6, 6.07) is 4.07. The molecule has 1 aromatic carbocycles. The molecule has 0 spiro atoms. The van der Waals surface area contributed by atoms with Gasteiger partial charge in [0.2, 0.25) is 11.8 Å². The van der Waals surface area contributed by atoms with Crippen LogP contribution in [0, 0.1) is 17.7 Å². The van der Waals surface area contributed by atoms with Gasteiger partial charge in [0.15, 0.2) is 5.96 Å². The van der Waals surface area contributed by atoms with Gasteiger partial charge in [0, 0.05) is 24.4 Å². The molecule has 30 heavy (non-hydrogen) atoms. The van der Waals surface area contributed by atoms with E-state index in [0.717, 1.165) is 0 Å². The minimum Gasteiger partial charge on any atom is -0.487 e. The van der Waals surface area contributed by atoms with Gasteiger partial charge >= 0.3 is 0 Å². The van der Waals surface area contributed by atoms with Crippen molar-refractivity contribution >= 4 is 17.8 Å². The lowest BCUT2D eigenvalue weighted by molar-refractivity contribution is -0.130. The Labute approximate surface area is 175 Å². The smallest absolute Gasteiger partial charge is 0.231 e. The van der Waals surface area contributed by atoms with E-state index in [2.05, 4.69) is 10.3 Å². The minimum atomic E-state index is -0.490. The zero-order valence-electron chi connectivity index (χ0n) is 17.9. The molecule has 3 atom stereocenters. The van der Waals surface area contributed by atoms with Gasteiger partial charge in [-0.25, -0.2) is 9.38 Å². The number of hydrogen-bond donors (Lipinski definition) is 2. The highest BCUT2D eigenvalue weighted by molar-refractivity contribution is 5.99. The van der Waals surface area contributed by atoms with E-state index in [9.17, 15) is 14.0 Å². The fraction of sp³-hybridized carbons (Fsp3) is 0.591. The summed E-state index contributed by atoms with van der Waals surface area (Å²) in [5.74, 6) is 0.162. The van der Waals surface area contributed by atoms with Crippen molar-refractivity contribution in [2.75, 3.05) is 6.54 Å². The number of fused-ring (bicyclic) bond motifs is 1. The van der Waals surface area contributed by atoms with Crippen molar-refractivity contribution in [2.24, 2.45) is 22.6 Å². The molecule has 7 nitrogen and oxygen atoms in total. The van der Waals surface area contributed by atoms with Crippen molar-refractivity contribution in [1.29, 1.82) is 0 Å². The number of guanidine groups is 1. The Morgan fingerprint density at radius 3 is 2.80 bits per heavy atom. The molecule has 1 aliphatic carbocycles. The summed E-state index contributed by atoms with van der Waals surface area (Å²) >= 11 is 0. The van der Waals surface area contributed by atoms with Gasteiger partial charge in [0.1, 0.15) is 17.2 Å². The molecule has 0 radical (unpaired) electrons. The van der Waals surface area contributed by atoms with Gasteiger partial charge in [-0.05, 0) is 58.2 Å². The first-order valence-corrected chi connectivity index (χ1v) is 10.4. The Balaban J connectivity index is 1.42. The van der Waals surface area contributed by atoms with Crippen molar-refractivity contribution < 1.29 is 18.7 Å². The third-order valence-corrected chi connectivity index (χ3v) is 6.00. The number of benzene rings is 1. The third kappa shape index (κ3) is 4.13. The molecule has 3 aliphatic rings.